The molecule has 1 heterocycles. The Morgan fingerprint density at radius 1 is 0.844 bits per heavy atom. The maximum Gasteiger partial charge on any atom is 0.258 e. The van der Waals surface area contributed by atoms with Crippen molar-refractivity contribution in [2.45, 2.75) is 19.9 Å². The van der Waals surface area contributed by atoms with Gasteiger partial charge in [-0.25, -0.2) is 0 Å². The predicted molar refractivity (Wildman–Crippen MR) is 126 cm³/mol. The Morgan fingerprint density at radius 2 is 1.50 bits per heavy atom. The third kappa shape index (κ3) is 5.24. The van der Waals surface area contributed by atoms with E-state index in [1.165, 1.54) is 0 Å². The van der Waals surface area contributed by atoms with Crippen LogP contribution in [0.15, 0.2) is 78.9 Å². The SMILES string of the molecule is Cc1ccccc1C(=O)N(Cc1ccccc1)c1ccc(CC(=O)N2CCOCC2)cc1. The van der Waals surface area contributed by atoms with Crippen LogP contribution in [0.3, 0.4) is 0 Å². The lowest BCUT2D eigenvalue weighted by Gasteiger charge is -2.27. The number of aryl methyl sites for hydroxylation is 1. The van der Waals surface area contributed by atoms with E-state index in [0.717, 1.165) is 22.4 Å². The fourth-order valence-electron chi connectivity index (χ4n) is 3.90. The highest BCUT2D eigenvalue weighted by molar-refractivity contribution is 6.07. The van der Waals surface area contributed by atoms with Crippen molar-refractivity contribution in [1.29, 1.82) is 0 Å². The zero-order valence-corrected chi connectivity index (χ0v) is 18.4. The molecule has 0 unspecified atom stereocenters. The van der Waals surface area contributed by atoms with Crippen LogP contribution in [0.5, 0.6) is 0 Å². The van der Waals surface area contributed by atoms with Crippen LogP contribution >= 0.6 is 0 Å². The molecule has 5 heteroatoms. The highest BCUT2D eigenvalue weighted by Gasteiger charge is 2.21. The van der Waals surface area contributed by atoms with Gasteiger partial charge in [0.15, 0.2) is 0 Å². The molecule has 0 radical (unpaired) electrons. The number of benzene rings is 3. The number of ether oxygens (including phenoxy) is 1. The highest BCUT2D eigenvalue weighted by atomic mass is 16.5. The number of amides is 2. The average Bonchev–Trinajstić information content (AvgIpc) is 2.84. The molecule has 0 N–H and O–H groups in total. The minimum Gasteiger partial charge on any atom is -0.378 e. The molecule has 164 valence electrons. The normalized spacial score (nSPS) is 13.6. The topological polar surface area (TPSA) is 49.9 Å². The molecular weight excluding hydrogens is 400 g/mol. The third-order valence-corrected chi connectivity index (χ3v) is 5.77. The minimum atomic E-state index is -0.0379. The fourth-order valence-corrected chi connectivity index (χ4v) is 3.90. The standard InChI is InChI=1S/C27H28N2O3/c1-21-7-5-6-10-25(21)27(31)29(20-23-8-3-2-4-9-23)24-13-11-22(12-14-24)19-26(30)28-15-17-32-18-16-28/h2-14H,15-20H2,1H3. The summed E-state index contributed by atoms with van der Waals surface area (Å²) in [5, 5.41) is 0. The number of morpholine rings is 1. The molecule has 1 saturated heterocycles. The number of rotatable bonds is 6. The van der Waals surface area contributed by atoms with Crippen LogP contribution in [0.2, 0.25) is 0 Å². The summed E-state index contributed by atoms with van der Waals surface area (Å²) in [5.41, 5.74) is 4.44. The van der Waals surface area contributed by atoms with E-state index in [0.29, 0.717) is 44.8 Å². The molecule has 1 aliphatic rings. The Labute approximate surface area is 189 Å². The lowest BCUT2D eigenvalue weighted by molar-refractivity contribution is -0.134. The first-order chi connectivity index (χ1) is 15.6. The number of anilines is 1. The van der Waals surface area contributed by atoms with E-state index < -0.39 is 0 Å². The molecule has 1 fully saturated rings. The van der Waals surface area contributed by atoms with Crippen molar-refractivity contribution in [2.24, 2.45) is 0 Å². The molecular formula is C27H28N2O3. The highest BCUT2D eigenvalue weighted by Crippen LogP contribution is 2.23. The Morgan fingerprint density at radius 3 is 2.19 bits per heavy atom. The lowest BCUT2D eigenvalue weighted by Crippen LogP contribution is -2.41. The maximum absolute atomic E-state index is 13.5. The average molecular weight is 429 g/mol. The summed E-state index contributed by atoms with van der Waals surface area (Å²) in [7, 11) is 0. The number of nitrogens with zero attached hydrogens (tertiary/aromatic N) is 2. The van der Waals surface area contributed by atoms with Crippen LogP contribution in [0.4, 0.5) is 5.69 Å². The summed E-state index contributed by atoms with van der Waals surface area (Å²) in [6.07, 6.45) is 0.352. The van der Waals surface area contributed by atoms with Crippen molar-refractivity contribution in [3.8, 4) is 0 Å². The summed E-state index contributed by atoms with van der Waals surface area (Å²) in [6.45, 7) is 4.91. The van der Waals surface area contributed by atoms with Gasteiger partial charge in [0.25, 0.3) is 5.91 Å². The molecule has 0 saturated carbocycles. The molecule has 0 aliphatic carbocycles. The smallest absolute Gasteiger partial charge is 0.258 e. The van der Waals surface area contributed by atoms with E-state index in [2.05, 4.69) is 0 Å². The molecule has 32 heavy (non-hydrogen) atoms. The fraction of sp³-hybridized carbons (Fsp3) is 0.259. The first-order valence-electron chi connectivity index (χ1n) is 11.0. The number of hydrogen-bond donors (Lipinski definition) is 0. The molecule has 1 aliphatic heterocycles. The van der Waals surface area contributed by atoms with Crippen LogP contribution in [-0.2, 0) is 22.5 Å². The van der Waals surface area contributed by atoms with Crippen molar-refractivity contribution >= 4 is 17.5 Å². The zero-order chi connectivity index (χ0) is 22.3. The lowest BCUT2D eigenvalue weighted by atomic mass is 10.1. The monoisotopic (exact) mass is 428 g/mol. The Bertz CT molecular complexity index is 1060. The summed E-state index contributed by atoms with van der Waals surface area (Å²) < 4.78 is 5.33. The van der Waals surface area contributed by atoms with E-state index in [1.807, 2.05) is 90.7 Å². The first-order valence-corrected chi connectivity index (χ1v) is 11.0. The summed E-state index contributed by atoms with van der Waals surface area (Å²) >= 11 is 0. The van der Waals surface area contributed by atoms with Gasteiger partial charge in [-0.1, -0.05) is 60.7 Å². The van der Waals surface area contributed by atoms with Crippen molar-refractivity contribution in [1.82, 2.24) is 4.90 Å². The quantitative estimate of drug-likeness (QED) is 0.590. The van der Waals surface area contributed by atoms with Gasteiger partial charge in [-0.2, -0.15) is 0 Å². The first kappa shape index (κ1) is 21.8. The van der Waals surface area contributed by atoms with Gasteiger partial charge in [-0.15, -0.1) is 0 Å². The van der Waals surface area contributed by atoms with Crippen molar-refractivity contribution in [3.05, 3.63) is 101 Å². The molecule has 0 spiro atoms. The molecule has 0 atom stereocenters. The van der Waals surface area contributed by atoms with Crippen molar-refractivity contribution in [3.63, 3.8) is 0 Å². The second-order valence-electron chi connectivity index (χ2n) is 8.03. The minimum absolute atomic E-state index is 0.0379. The number of hydrogen-bond acceptors (Lipinski definition) is 3. The van der Waals surface area contributed by atoms with Gasteiger partial charge in [-0.05, 0) is 41.8 Å². The largest absolute Gasteiger partial charge is 0.378 e. The van der Waals surface area contributed by atoms with E-state index in [9.17, 15) is 9.59 Å². The third-order valence-electron chi connectivity index (χ3n) is 5.77. The Balaban J connectivity index is 1.56. The summed E-state index contributed by atoms with van der Waals surface area (Å²) in [6, 6.07) is 25.4. The zero-order valence-electron chi connectivity index (χ0n) is 18.4. The Kier molecular flexibility index (Phi) is 6.97. The molecule has 4 rings (SSSR count). The van der Waals surface area contributed by atoms with E-state index in [4.69, 9.17) is 4.74 Å². The van der Waals surface area contributed by atoms with Gasteiger partial charge >= 0.3 is 0 Å². The second kappa shape index (κ2) is 10.2. The molecule has 0 aromatic heterocycles. The van der Waals surface area contributed by atoms with Gasteiger partial charge in [0, 0.05) is 24.3 Å². The van der Waals surface area contributed by atoms with Crippen LogP contribution in [0, 0.1) is 6.92 Å². The molecule has 3 aromatic rings. The van der Waals surface area contributed by atoms with Crippen LogP contribution in [0.1, 0.15) is 27.0 Å². The van der Waals surface area contributed by atoms with E-state index in [-0.39, 0.29) is 11.8 Å². The summed E-state index contributed by atoms with van der Waals surface area (Å²) in [5.74, 6) is 0.0716. The van der Waals surface area contributed by atoms with Gasteiger partial charge < -0.3 is 14.5 Å². The second-order valence-corrected chi connectivity index (χ2v) is 8.03. The predicted octanol–water partition coefficient (Wildman–Crippen LogP) is 4.24. The Hall–Kier alpha value is -3.44. The van der Waals surface area contributed by atoms with E-state index in [1.54, 1.807) is 4.90 Å². The number of carbonyl (C=O) groups excluding carboxylic acids is 2. The van der Waals surface area contributed by atoms with Crippen LogP contribution in [-0.4, -0.2) is 43.0 Å². The molecule has 2 amide bonds. The van der Waals surface area contributed by atoms with Crippen LogP contribution < -0.4 is 4.90 Å². The summed E-state index contributed by atoms with van der Waals surface area (Å²) in [4.78, 5) is 29.7. The van der Waals surface area contributed by atoms with Crippen molar-refractivity contribution in [2.75, 3.05) is 31.2 Å². The molecule has 3 aromatic carbocycles. The molecule has 5 nitrogen and oxygen atoms in total. The van der Waals surface area contributed by atoms with E-state index >= 15 is 0 Å². The van der Waals surface area contributed by atoms with Crippen LogP contribution in [0.25, 0.3) is 0 Å². The van der Waals surface area contributed by atoms with Crippen molar-refractivity contribution < 1.29 is 14.3 Å². The maximum atomic E-state index is 13.5. The van der Waals surface area contributed by atoms with Gasteiger partial charge in [0.05, 0.1) is 26.2 Å². The number of carbonyl (C=O) groups is 2. The van der Waals surface area contributed by atoms with Gasteiger partial charge in [0.1, 0.15) is 0 Å². The van der Waals surface area contributed by atoms with Gasteiger partial charge in [0.2, 0.25) is 5.91 Å². The van der Waals surface area contributed by atoms with Gasteiger partial charge in [-0.3, -0.25) is 9.59 Å². The molecule has 0 bridgehead atoms.